The van der Waals surface area contributed by atoms with Crippen molar-refractivity contribution in [2.75, 3.05) is 13.1 Å². The Balaban J connectivity index is 1.52. The predicted octanol–water partition coefficient (Wildman–Crippen LogP) is 4.25. The molecule has 0 aromatic carbocycles. The second-order valence-electron chi connectivity index (χ2n) is 7.80. The molecule has 2 unspecified atom stereocenters. The van der Waals surface area contributed by atoms with Gasteiger partial charge in [0.05, 0.1) is 23.0 Å². The van der Waals surface area contributed by atoms with Gasteiger partial charge in [-0.3, -0.25) is 4.79 Å². The number of alkyl halides is 3. The zero-order chi connectivity index (χ0) is 19.9. The quantitative estimate of drug-likeness (QED) is 0.768. The molecule has 2 aromatic rings. The molecule has 0 spiro atoms. The molecule has 1 aliphatic heterocycles. The number of fused-ring (bicyclic) bond motifs is 1. The lowest BCUT2D eigenvalue weighted by Crippen LogP contribution is -2.44. The molecule has 2 aliphatic rings. The number of amides is 1. The van der Waals surface area contributed by atoms with Gasteiger partial charge in [0.15, 0.2) is 5.82 Å². The molecule has 2 atom stereocenters. The minimum atomic E-state index is -4.43. The highest BCUT2D eigenvalue weighted by atomic mass is 19.4. The van der Waals surface area contributed by atoms with Gasteiger partial charge < -0.3 is 4.90 Å². The summed E-state index contributed by atoms with van der Waals surface area (Å²) in [5.41, 5.74) is 0.256. The van der Waals surface area contributed by atoms with Crippen LogP contribution in [0.4, 0.5) is 13.2 Å². The summed E-state index contributed by atoms with van der Waals surface area (Å²) in [4.78, 5) is 18.8. The fraction of sp³-hybridized carbons (Fsp3) is 0.550. The summed E-state index contributed by atoms with van der Waals surface area (Å²) in [5.74, 6) is 1.52. The van der Waals surface area contributed by atoms with Crippen LogP contribution in [-0.4, -0.2) is 38.7 Å². The number of piperidine rings is 1. The molecule has 4 rings (SSSR count). The van der Waals surface area contributed by atoms with E-state index in [2.05, 4.69) is 10.1 Å². The Kier molecular flexibility index (Phi) is 4.89. The number of carbonyl (C=O) groups is 1. The van der Waals surface area contributed by atoms with Crippen LogP contribution in [0.2, 0.25) is 0 Å². The van der Waals surface area contributed by atoms with Crippen molar-refractivity contribution in [1.82, 2.24) is 19.7 Å². The third kappa shape index (κ3) is 3.52. The van der Waals surface area contributed by atoms with Crippen LogP contribution in [0.25, 0.3) is 5.82 Å². The van der Waals surface area contributed by atoms with Gasteiger partial charge in [0.1, 0.15) is 0 Å². The van der Waals surface area contributed by atoms with E-state index in [-0.39, 0.29) is 11.7 Å². The van der Waals surface area contributed by atoms with Crippen molar-refractivity contribution in [3.8, 4) is 5.82 Å². The highest BCUT2D eigenvalue weighted by Crippen LogP contribution is 2.36. The normalized spacial score (nSPS) is 22.8. The van der Waals surface area contributed by atoms with Crippen LogP contribution in [0, 0.1) is 18.8 Å². The number of nitrogens with zero attached hydrogens (tertiary/aromatic N) is 4. The summed E-state index contributed by atoms with van der Waals surface area (Å²) < 4.78 is 39.6. The van der Waals surface area contributed by atoms with E-state index in [0.717, 1.165) is 37.7 Å². The van der Waals surface area contributed by atoms with Crippen LogP contribution in [0.5, 0.6) is 0 Å². The van der Waals surface area contributed by atoms with Crippen molar-refractivity contribution >= 4 is 5.91 Å². The van der Waals surface area contributed by atoms with Crippen molar-refractivity contribution < 1.29 is 18.0 Å². The van der Waals surface area contributed by atoms with Crippen LogP contribution in [0.15, 0.2) is 24.5 Å². The molecule has 0 radical (unpaired) electrons. The number of pyridine rings is 1. The molecular weight excluding hydrogens is 369 g/mol. The maximum atomic E-state index is 13.0. The number of likely N-dealkylation sites (tertiary alicyclic amines) is 1. The van der Waals surface area contributed by atoms with Gasteiger partial charge in [-0.2, -0.15) is 18.3 Å². The SMILES string of the molecule is Cc1c(C(=O)N2CCC3CCCCC3C2)cnn1-c1ccc(C(F)(F)F)cn1. The molecule has 1 saturated heterocycles. The van der Waals surface area contributed by atoms with Crippen molar-refractivity contribution in [3.63, 3.8) is 0 Å². The maximum Gasteiger partial charge on any atom is 0.417 e. The smallest absolute Gasteiger partial charge is 0.338 e. The number of rotatable bonds is 2. The molecule has 28 heavy (non-hydrogen) atoms. The minimum absolute atomic E-state index is 0.0558. The first-order chi connectivity index (χ1) is 13.3. The molecule has 0 N–H and O–H groups in total. The number of hydrogen-bond donors (Lipinski definition) is 0. The molecule has 150 valence electrons. The number of carbonyl (C=O) groups excluding carboxylic acids is 1. The second kappa shape index (κ2) is 7.22. The lowest BCUT2D eigenvalue weighted by Gasteiger charge is -2.41. The summed E-state index contributed by atoms with van der Waals surface area (Å²) in [6.07, 6.45) is 3.86. The first kappa shape index (κ1) is 19.0. The Morgan fingerprint density at radius 2 is 1.86 bits per heavy atom. The van der Waals surface area contributed by atoms with Crippen molar-refractivity contribution in [1.29, 1.82) is 0 Å². The Morgan fingerprint density at radius 3 is 2.54 bits per heavy atom. The van der Waals surface area contributed by atoms with E-state index in [1.165, 1.54) is 42.6 Å². The lowest BCUT2D eigenvalue weighted by molar-refractivity contribution is -0.137. The zero-order valence-electron chi connectivity index (χ0n) is 15.7. The molecule has 5 nitrogen and oxygen atoms in total. The van der Waals surface area contributed by atoms with Crippen molar-refractivity contribution in [2.45, 2.75) is 45.2 Å². The molecule has 8 heteroatoms. The van der Waals surface area contributed by atoms with E-state index in [9.17, 15) is 18.0 Å². The summed E-state index contributed by atoms with van der Waals surface area (Å²) in [5, 5.41) is 4.20. The van der Waals surface area contributed by atoms with Crippen LogP contribution < -0.4 is 0 Å². The molecule has 2 aromatic heterocycles. The Labute approximate surface area is 161 Å². The van der Waals surface area contributed by atoms with Gasteiger partial charge in [-0.05, 0) is 43.7 Å². The van der Waals surface area contributed by atoms with Crippen LogP contribution >= 0.6 is 0 Å². The molecular formula is C20H23F3N4O. The van der Waals surface area contributed by atoms with E-state index in [1.807, 2.05) is 4.90 Å². The van der Waals surface area contributed by atoms with Gasteiger partial charge in [-0.1, -0.05) is 19.3 Å². The lowest BCUT2D eigenvalue weighted by atomic mass is 9.75. The molecule has 3 heterocycles. The number of aromatic nitrogens is 3. The Bertz CT molecular complexity index is 859. The zero-order valence-corrected chi connectivity index (χ0v) is 15.7. The van der Waals surface area contributed by atoms with E-state index >= 15 is 0 Å². The highest BCUT2D eigenvalue weighted by Gasteiger charge is 2.34. The maximum absolute atomic E-state index is 13.0. The van der Waals surface area contributed by atoms with E-state index in [0.29, 0.717) is 17.2 Å². The number of halogens is 3. The Hall–Kier alpha value is -2.38. The molecule has 1 saturated carbocycles. The molecule has 1 aliphatic carbocycles. The molecule has 1 amide bonds. The summed E-state index contributed by atoms with van der Waals surface area (Å²) >= 11 is 0. The third-order valence-corrected chi connectivity index (χ3v) is 6.11. The molecule has 0 bridgehead atoms. The van der Waals surface area contributed by atoms with Crippen molar-refractivity contribution in [2.24, 2.45) is 11.8 Å². The third-order valence-electron chi connectivity index (χ3n) is 6.11. The van der Waals surface area contributed by atoms with Gasteiger partial charge in [-0.25, -0.2) is 9.67 Å². The standard InChI is InChI=1S/C20H23F3N4O/c1-13-17(19(28)26-9-8-14-4-2-3-5-15(14)12-26)11-25-27(13)18-7-6-16(10-24-18)20(21,22)23/h6-7,10-11,14-15H,2-5,8-9,12H2,1H3. The second-order valence-corrected chi connectivity index (χ2v) is 7.80. The van der Waals surface area contributed by atoms with Gasteiger partial charge >= 0.3 is 6.18 Å². The van der Waals surface area contributed by atoms with Crippen LogP contribution in [-0.2, 0) is 6.18 Å². The van der Waals surface area contributed by atoms with Gasteiger partial charge in [0, 0.05) is 19.3 Å². The van der Waals surface area contributed by atoms with Gasteiger partial charge in [0.25, 0.3) is 5.91 Å². The Morgan fingerprint density at radius 1 is 1.11 bits per heavy atom. The van der Waals surface area contributed by atoms with Crippen molar-refractivity contribution in [3.05, 3.63) is 41.3 Å². The minimum Gasteiger partial charge on any atom is -0.338 e. The number of hydrogen-bond acceptors (Lipinski definition) is 3. The summed E-state index contributed by atoms with van der Waals surface area (Å²) in [7, 11) is 0. The fourth-order valence-electron chi connectivity index (χ4n) is 4.49. The van der Waals surface area contributed by atoms with E-state index in [1.54, 1.807) is 6.92 Å². The average Bonchev–Trinajstić information content (AvgIpc) is 3.08. The van der Waals surface area contributed by atoms with Crippen LogP contribution in [0.3, 0.4) is 0 Å². The topological polar surface area (TPSA) is 51.0 Å². The van der Waals surface area contributed by atoms with Gasteiger partial charge in [-0.15, -0.1) is 0 Å². The van der Waals surface area contributed by atoms with Gasteiger partial charge in [0.2, 0.25) is 0 Å². The molecule has 2 fully saturated rings. The summed E-state index contributed by atoms with van der Waals surface area (Å²) in [6.45, 7) is 3.28. The monoisotopic (exact) mass is 392 g/mol. The van der Waals surface area contributed by atoms with E-state index in [4.69, 9.17) is 0 Å². The average molecular weight is 392 g/mol. The van der Waals surface area contributed by atoms with E-state index < -0.39 is 11.7 Å². The highest BCUT2D eigenvalue weighted by molar-refractivity contribution is 5.95. The summed E-state index contributed by atoms with van der Waals surface area (Å²) in [6, 6.07) is 2.24. The predicted molar refractivity (Wildman–Crippen MR) is 97.1 cm³/mol. The first-order valence-corrected chi connectivity index (χ1v) is 9.72. The fourth-order valence-corrected chi connectivity index (χ4v) is 4.49. The largest absolute Gasteiger partial charge is 0.417 e. The van der Waals surface area contributed by atoms with Crippen LogP contribution in [0.1, 0.15) is 53.7 Å². The first-order valence-electron chi connectivity index (χ1n) is 9.72.